The van der Waals surface area contributed by atoms with Crippen molar-refractivity contribution in [1.29, 1.82) is 0 Å². The van der Waals surface area contributed by atoms with Gasteiger partial charge < -0.3 is 10.2 Å². The van der Waals surface area contributed by atoms with E-state index in [9.17, 15) is 14.0 Å². The maximum Gasteiger partial charge on any atom is 0.276 e. The van der Waals surface area contributed by atoms with Gasteiger partial charge in [0, 0.05) is 23.0 Å². The number of carbonyl (C=O) groups excluding carboxylic acids is 2. The predicted molar refractivity (Wildman–Crippen MR) is 103 cm³/mol. The van der Waals surface area contributed by atoms with E-state index in [1.54, 1.807) is 6.07 Å². The first-order valence-corrected chi connectivity index (χ1v) is 9.39. The molecule has 1 heterocycles. The average molecular weight is 390 g/mol. The molecule has 2 rings (SSSR count). The summed E-state index contributed by atoms with van der Waals surface area (Å²) in [6.45, 7) is 9.38. The van der Waals surface area contributed by atoms with Gasteiger partial charge in [0.15, 0.2) is 5.69 Å². The monoisotopic (exact) mass is 390 g/mol. The molecular formula is C19H23FN4O2S. The summed E-state index contributed by atoms with van der Waals surface area (Å²) in [6, 6.07) is 4.77. The molecule has 0 saturated heterocycles. The Kier molecular flexibility index (Phi) is 6.79. The van der Waals surface area contributed by atoms with Crippen molar-refractivity contribution >= 4 is 23.3 Å². The summed E-state index contributed by atoms with van der Waals surface area (Å²) in [5, 5.41) is 8.18. The molecule has 0 fully saturated rings. The van der Waals surface area contributed by atoms with Gasteiger partial charge in [-0.25, -0.2) is 4.39 Å². The fraction of sp³-hybridized carbons (Fsp3) is 0.368. The van der Waals surface area contributed by atoms with Crippen LogP contribution in [0.25, 0.3) is 0 Å². The predicted octanol–water partition coefficient (Wildman–Crippen LogP) is 3.35. The third kappa shape index (κ3) is 4.97. The maximum absolute atomic E-state index is 14.6. The van der Waals surface area contributed by atoms with Crippen LogP contribution in [0.4, 0.5) is 4.39 Å². The van der Waals surface area contributed by atoms with Crippen molar-refractivity contribution in [2.75, 3.05) is 6.54 Å². The molecule has 1 unspecified atom stereocenters. The average Bonchev–Trinajstić information content (AvgIpc) is 3.16. The Morgan fingerprint density at radius 3 is 2.67 bits per heavy atom. The van der Waals surface area contributed by atoms with E-state index in [4.69, 9.17) is 0 Å². The van der Waals surface area contributed by atoms with E-state index in [-0.39, 0.29) is 17.8 Å². The lowest BCUT2D eigenvalue weighted by Gasteiger charge is -2.33. The Hall–Kier alpha value is -2.61. The SMILES string of the molecule is C=CCN(C(=O)c1csnn1)C(C(=O)NC(C)(C)CC)c1ccccc1F. The summed E-state index contributed by atoms with van der Waals surface area (Å²) in [5.41, 5.74) is -0.294. The molecule has 0 aliphatic carbocycles. The number of carbonyl (C=O) groups is 2. The normalized spacial score (nSPS) is 12.3. The summed E-state index contributed by atoms with van der Waals surface area (Å²) in [7, 11) is 0. The number of nitrogens with zero attached hydrogens (tertiary/aromatic N) is 3. The molecule has 6 nitrogen and oxygen atoms in total. The van der Waals surface area contributed by atoms with Crippen LogP contribution >= 0.6 is 11.5 Å². The molecule has 1 aromatic heterocycles. The number of benzene rings is 1. The van der Waals surface area contributed by atoms with E-state index in [1.807, 2.05) is 20.8 Å². The van der Waals surface area contributed by atoms with Crippen LogP contribution in [0.3, 0.4) is 0 Å². The number of nitrogens with one attached hydrogen (secondary N) is 1. The molecule has 2 amide bonds. The lowest BCUT2D eigenvalue weighted by Crippen LogP contribution is -2.50. The van der Waals surface area contributed by atoms with Gasteiger partial charge in [0.1, 0.15) is 11.9 Å². The third-order valence-electron chi connectivity index (χ3n) is 4.27. The third-order valence-corrected chi connectivity index (χ3v) is 4.78. The first-order valence-electron chi connectivity index (χ1n) is 8.56. The highest BCUT2D eigenvalue weighted by atomic mass is 32.1. The van der Waals surface area contributed by atoms with E-state index in [0.717, 1.165) is 11.5 Å². The van der Waals surface area contributed by atoms with Crippen molar-refractivity contribution in [3.63, 3.8) is 0 Å². The Morgan fingerprint density at radius 1 is 1.41 bits per heavy atom. The molecule has 1 N–H and O–H groups in total. The second kappa shape index (κ2) is 8.85. The minimum absolute atomic E-state index is 0.0509. The van der Waals surface area contributed by atoms with Gasteiger partial charge in [0.2, 0.25) is 5.91 Å². The van der Waals surface area contributed by atoms with Crippen LogP contribution in [0.15, 0.2) is 42.3 Å². The van der Waals surface area contributed by atoms with Crippen LogP contribution in [0.1, 0.15) is 49.3 Å². The molecule has 27 heavy (non-hydrogen) atoms. The van der Waals surface area contributed by atoms with Gasteiger partial charge in [-0.1, -0.05) is 35.7 Å². The number of aromatic nitrogens is 2. The Morgan fingerprint density at radius 2 is 2.11 bits per heavy atom. The fourth-order valence-corrected chi connectivity index (χ4v) is 2.92. The first-order chi connectivity index (χ1) is 12.8. The molecular weight excluding hydrogens is 367 g/mol. The second-order valence-electron chi connectivity index (χ2n) is 6.69. The molecule has 8 heteroatoms. The van der Waals surface area contributed by atoms with Crippen molar-refractivity contribution in [1.82, 2.24) is 19.8 Å². The van der Waals surface area contributed by atoms with Gasteiger partial charge >= 0.3 is 0 Å². The molecule has 0 bridgehead atoms. The maximum atomic E-state index is 14.6. The summed E-state index contributed by atoms with van der Waals surface area (Å²) in [5.74, 6) is -1.54. The number of hydrogen-bond acceptors (Lipinski definition) is 5. The van der Waals surface area contributed by atoms with Gasteiger partial charge in [0.25, 0.3) is 5.91 Å². The zero-order valence-electron chi connectivity index (χ0n) is 15.6. The van der Waals surface area contributed by atoms with Crippen LogP contribution in [0.5, 0.6) is 0 Å². The van der Waals surface area contributed by atoms with E-state index in [1.165, 1.54) is 34.6 Å². The Bertz CT molecular complexity index is 808. The van der Waals surface area contributed by atoms with Gasteiger partial charge in [-0.3, -0.25) is 9.59 Å². The summed E-state index contributed by atoms with van der Waals surface area (Å²) < 4.78 is 18.2. The first kappa shape index (κ1) is 20.7. The van der Waals surface area contributed by atoms with E-state index in [0.29, 0.717) is 6.42 Å². The van der Waals surface area contributed by atoms with Crippen molar-refractivity contribution in [3.05, 3.63) is 59.4 Å². The van der Waals surface area contributed by atoms with Crippen LogP contribution in [-0.2, 0) is 4.79 Å². The number of rotatable bonds is 8. The molecule has 1 aromatic carbocycles. The highest BCUT2D eigenvalue weighted by Gasteiger charge is 2.35. The minimum Gasteiger partial charge on any atom is -0.349 e. The topological polar surface area (TPSA) is 75.2 Å². The van der Waals surface area contributed by atoms with Gasteiger partial charge in [-0.05, 0) is 37.9 Å². The van der Waals surface area contributed by atoms with Crippen LogP contribution in [-0.4, -0.2) is 38.4 Å². The number of hydrogen-bond donors (Lipinski definition) is 1. The molecule has 0 radical (unpaired) electrons. The Balaban J connectivity index is 2.51. The van der Waals surface area contributed by atoms with Gasteiger partial charge in [-0.15, -0.1) is 11.7 Å². The standard InChI is InChI=1S/C19H23FN4O2S/c1-5-11-24(18(26)15-12-27-23-22-15)16(13-9-7-8-10-14(13)20)17(25)21-19(3,4)6-2/h5,7-10,12,16H,1,6,11H2,2-4H3,(H,21,25). The fourth-order valence-electron chi connectivity index (χ4n) is 2.49. The minimum atomic E-state index is -1.16. The number of amides is 2. The molecule has 0 saturated carbocycles. The van der Waals surface area contributed by atoms with Crippen molar-refractivity contribution < 1.29 is 14.0 Å². The lowest BCUT2D eigenvalue weighted by molar-refractivity contribution is -0.127. The van der Waals surface area contributed by atoms with Crippen molar-refractivity contribution in [2.24, 2.45) is 0 Å². The molecule has 1 atom stereocenters. The summed E-state index contributed by atoms with van der Waals surface area (Å²) in [6.07, 6.45) is 2.16. The molecule has 0 aliphatic heterocycles. The van der Waals surface area contributed by atoms with Crippen LogP contribution < -0.4 is 5.32 Å². The molecule has 0 aliphatic rings. The smallest absolute Gasteiger partial charge is 0.276 e. The lowest BCUT2D eigenvalue weighted by atomic mass is 9.98. The van der Waals surface area contributed by atoms with Crippen molar-refractivity contribution in [3.8, 4) is 0 Å². The number of halogens is 1. The largest absolute Gasteiger partial charge is 0.349 e. The van der Waals surface area contributed by atoms with E-state index < -0.39 is 29.2 Å². The van der Waals surface area contributed by atoms with Crippen LogP contribution in [0.2, 0.25) is 0 Å². The molecule has 144 valence electrons. The zero-order chi connectivity index (χ0) is 20.0. The summed E-state index contributed by atoms with van der Waals surface area (Å²) in [4.78, 5) is 27.3. The van der Waals surface area contributed by atoms with Crippen LogP contribution in [0, 0.1) is 5.82 Å². The zero-order valence-corrected chi connectivity index (χ0v) is 16.4. The van der Waals surface area contributed by atoms with Crippen molar-refractivity contribution in [2.45, 2.75) is 38.8 Å². The van der Waals surface area contributed by atoms with E-state index >= 15 is 0 Å². The molecule has 0 spiro atoms. The van der Waals surface area contributed by atoms with Gasteiger partial charge in [0.05, 0.1) is 0 Å². The highest BCUT2D eigenvalue weighted by Crippen LogP contribution is 2.26. The summed E-state index contributed by atoms with van der Waals surface area (Å²) >= 11 is 1.03. The van der Waals surface area contributed by atoms with Gasteiger partial charge in [-0.2, -0.15) is 0 Å². The molecule has 2 aromatic rings. The van der Waals surface area contributed by atoms with E-state index in [2.05, 4.69) is 21.5 Å². The quantitative estimate of drug-likeness (QED) is 0.702. The Labute approximate surface area is 162 Å². The highest BCUT2D eigenvalue weighted by molar-refractivity contribution is 7.03. The second-order valence-corrected chi connectivity index (χ2v) is 7.30.